The van der Waals surface area contributed by atoms with Gasteiger partial charge in [-0.2, -0.15) is 4.98 Å². The van der Waals surface area contributed by atoms with Crippen molar-refractivity contribution in [2.24, 2.45) is 0 Å². The van der Waals surface area contributed by atoms with Crippen molar-refractivity contribution >= 4 is 29.4 Å². The zero-order valence-electron chi connectivity index (χ0n) is 19.0. The van der Waals surface area contributed by atoms with Gasteiger partial charge in [0.15, 0.2) is 0 Å². The topological polar surface area (TPSA) is 140 Å². The van der Waals surface area contributed by atoms with Crippen LogP contribution in [0.1, 0.15) is 12.0 Å². The molecule has 0 aromatic carbocycles. The number of nitrogens with zero attached hydrogens (tertiary/aromatic N) is 7. The highest BCUT2D eigenvalue weighted by Gasteiger charge is 2.34. The molecule has 2 N–H and O–H groups in total. The summed E-state index contributed by atoms with van der Waals surface area (Å²) in [6.07, 6.45) is 3.95. The number of carbonyl (C=O) groups excluding carboxylic acids is 2. The summed E-state index contributed by atoms with van der Waals surface area (Å²) in [4.78, 5) is 49.4. The maximum Gasteiger partial charge on any atom is 0.295 e. The Bertz CT molecular complexity index is 1050. The number of amides is 1. The summed E-state index contributed by atoms with van der Waals surface area (Å²) in [7, 11) is 0. The second-order valence-electron chi connectivity index (χ2n) is 8.44. The van der Waals surface area contributed by atoms with Gasteiger partial charge in [-0.25, -0.2) is 15.0 Å². The Morgan fingerprint density at radius 3 is 2.32 bits per heavy atom. The summed E-state index contributed by atoms with van der Waals surface area (Å²) >= 11 is 0. The molecule has 1 amide bonds. The Kier molecular flexibility index (Phi) is 6.61. The normalized spacial score (nSPS) is 18.7. The predicted molar refractivity (Wildman–Crippen MR) is 123 cm³/mol. The van der Waals surface area contributed by atoms with Gasteiger partial charge in [0.1, 0.15) is 5.82 Å². The van der Waals surface area contributed by atoms with Crippen molar-refractivity contribution in [1.29, 1.82) is 0 Å². The summed E-state index contributed by atoms with van der Waals surface area (Å²) in [6.45, 7) is 6.21. The van der Waals surface area contributed by atoms with Crippen LogP contribution in [0.5, 0.6) is 0 Å². The predicted octanol–water partition coefficient (Wildman–Crippen LogP) is -0.467. The van der Waals surface area contributed by atoms with E-state index in [2.05, 4.69) is 14.9 Å². The van der Waals surface area contributed by atoms with E-state index in [1.807, 2.05) is 4.90 Å². The van der Waals surface area contributed by atoms with Crippen molar-refractivity contribution in [3.63, 3.8) is 0 Å². The Labute approximate surface area is 197 Å². The van der Waals surface area contributed by atoms with Crippen molar-refractivity contribution in [3.8, 4) is 11.3 Å². The monoisotopic (exact) mass is 468 g/mol. The van der Waals surface area contributed by atoms with Crippen LogP contribution in [0.3, 0.4) is 0 Å². The third kappa shape index (κ3) is 4.69. The molecule has 2 fully saturated rings. The lowest BCUT2D eigenvalue weighted by molar-refractivity contribution is -0.136. The van der Waals surface area contributed by atoms with Gasteiger partial charge in [0.2, 0.25) is 17.7 Å². The van der Waals surface area contributed by atoms with E-state index < -0.39 is 11.7 Å². The van der Waals surface area contributed by atoms with Gasteiger partial charge < -0.3 is 20.1 Å². The number of nitrogens with two attached hydrogens (primary N) is 1. The molecular formula is C22H28N8O4. The minimum Gasteiger partial charge on any atom is -0.379 e. The van der Waals surface area contributed by atoms with Gasteiger partial charge in [-0.3, -0.25) is 19.4 Å². The molecule has 5 heterocycles. The molecule has 2 aromatic heterocycles. The fourth-order valence-corrected chi connectivity index (χ4v) is 4.39. The van der Waals surface area contributed by atoms with Crippen LogP contribution in [0, 0.1) is 0 Å². The number of carbonyl (C=O) groups is 2. The van der Waals surface area contributed by atoms with E-state index in [-0.39, 0.29) is 12.4 Å². The third-order valence-electron chi connectivity index (χ3n) is 6.30. The number of rotatable bonds is 6. The Morgan fingerprint density at radius 2 is 1.62 bits per heavy atom. The molecule has 12 heteroatoms. The summed E-state index contributed by atoms with van der Waals surface area (Å²) in [5.41, 5.74) is 7.81. The van der Waals surface area contributed by atoms with E-state index in [1.165, 1.54) is 4.90 Å². The number of anilines is 3. The Hall–Kier alpha value is -3.22. The molecule has 0 unspecified atom stereocenters. The van der Waals surface area contributed by atoms with E-state index in [0.717, 1.165) is 18.7 Å². The molecule has 0 atom stereocenters. The molecule has 0 bridgehead atoms. The smallest absolute Gasteiger partial charge is 0.295 e. The molecule has 0 saturated carbocycles. The third-order valence-corrected chi connectivity index (χ3v) is 6.30. The molecule has 34 heavy (non-hydrogen) atoms. The Balaban J connectivity index is 1.42. The molecule has 0 aliphatic carbocycles. The number of aromatic nitrogens is 4. The molecule has 0 spiro atoms. The number of morpholine rings is 2. The summed E-state index contributed by atoms with van der Waals surface area (Å²) in [6, 6.07) is 0. The van der Waals surface area contributed by atoms with Gasteiger partial charge in [0, 0.05) is 69.2 Å². The summed E-state index contributed by atoms with van der Waals surface area (Å²) < 4.78 is 10.8. The number of ether oxygens (including phenoxy) is 2. The summed E-state index contributed by atoms with van der Waals surface area (Å²) in [5.74, 6) is 0.203. The molecule has 3 aliphatic heterocycles. The van der Waals surface area contributed by atoms with Gasteiger partial charge >= 0.3 is 0 Å². The van der Waals surface area contributed by atoms with Crippen molar-refractivity contribution in [3.05, 3.63) is 18.0 Å². The SMILES string of the molecule is Nc1ncc(-c2nc(N3CCOCC3)nc3c2CCN3C(=O)C(=O)CCN2CCOCC2)cn1. The summed E-state index contributed by atoms with van der Waals surface area (Å²) in [5, 5.41) is 0. The zero-order valence-corrected chi connectivity index (χ0v) is 19.0. The number of hydrogen-bond donors (Lipinski definition) is 1. The van der Waals surface area contributed by atoms with Crippen molar-refractivity contribution in [2.45, 2.75) is 12.8 Å². The minimum atomic E-state index is -0.529. The number of nitrogen functional groups attached to an aromatic ring is 1. The first-order chi connectivity index (χ1) is 16.6. The molecule has 180 valence electrons. The maximum atomic E-state index is 13.2. The van der Waals surface area contributed by atoms with Crippen molar-refractivity contribution in [2.75, 3.05) is 81.2 Å². The van der Waals surface area contributed by atoms with Crippen LogP contribution in [-0.2, 0) is 25.5 Å². The highest BCUT2D eigenvalue weighted by atomic mass is 16.5. The van der Waals surface area contributed by atoms with Crippen LogP contribution in [0.4, 0.5) is 17.7 Å². The minimum absolute atomic E-state index is 0.171. The van der Waals surface area contributed by atoms with Crippen molar-refractivity contribution in [1.82, 2.24) is 24.8 Å². The molecule has 0 radical (unpaired) electrons. The fraction of sp³-hybridized carbons (Fsp3) is 0.545. The maximum absolute atomic E-state index is 13.2. The van der Waals surface area contributed by atoms with Gasteiger partial charge in [-0.1, -0.05) is 0 Å². The lowest BCUT2D eigenvalue weighted by Crippen LogP contribution is -2.41. The number of ketones is 1. The first-order valence-electron chi connectivity index (χ1n) is 11.6. The number of fused-ring (bicyclic) bond motifs is 1. The van der Waals surface area contributed by atoms with Crippen molar-refractivity contribution < 1.29 is 19.1 Å². The van der Waals surface area contributed by atoms with Crippen LogP contribution >= 0.6 is 0 Å². The second kappa shape index (κ2) is 9.95. The van der Waals surface area contributed by atoms with Crippen LogP contribution in [0.15, 0.2) is 12.4 Å². The van der Waals surface area contributed by atoms with Gasteiger partial charge in [-0.15, -0.1) is 0 Å². The number of hydrogen-bond acceptors (Lipinski definition) is 11. The molecule has 2 saturated heterocycles. The highest BCUT2D eigenvalue weighted by molar-refractivity contribution is 6.41. The van der Waals surface area contributed by atoms with Crippen LogP contribution in [0.25, 0.3) is 11.3 Å². The van der Waals surface area contributed by atoms with E-state index in [9.17, 15) is 9.59 Å². The molecule has 3 aliphatic rings. The van der Waals surface area contributed by atoms with E-state index in [4.69, 9.17) is 25.2 Å². The van der Waals surface area contributed by atoms with Gasteiger partial charge in [-0.05, 0) is 6.42 Å². The average Bonchev–Trinajstić information content (AvgIpc) is 3.32. The Morgan fingerprint density at radius 1 is 0.941 bits per heavy atom. The highest BCUT2D eigenvalue weighted by Crippen LogP contribution is 2.35. The van der Waals surface area contributed by atoms with Crippen LogP contribution in [-0.4, -0.2) is 102 Å². The van der Waals surface area contributed by atoms with Gasteiger partial charge in [0.05, 0.1) is 32.1 Å². The molecular weight excluding hydrogens is 440 g/mol. The lowest BCUT2D eigenvalue weighted by atomic mass is 10.1. The quantitative estimate of drug-likeness (QED) is 0.550. The van der Waals surface area contributed by atoms with E-state index >= 15 is 0 Å². The van der Waals surface area contributed by atoms with Crippen LogP contribution in [0.2, 0.25) is 0 Å². The van der Waals surface area contributed by atoms with E-state index in [1.54, 1.807) is 12.4 Å². The number of Topliss-reactive ketones (excluding diaryl/α,β-unsaturated/α-hetero) is 1. The zero-order chi connectivity index (χ0) is 23.5. The first kappa shape index (κ1) is 22.6. The standard InChI is InChI=1S/C22H28N8O4/c23-21-24-13-15(14-25-21)18-16-1-4-30(19(16)27-22(26-18)29-7-11-34-12-8-29)20(32)17(31)2-3-28-5-9-33-10-6-28/h13-14H,1-12H2,(H2,23,24,25). The largest absolute Gasteiger partial charge is 0.379 e. The fourth-order valence-electron chi connectivity index (χ4n) is 4.39. The average molecular weight is 469 g/mol. The molecule has 5 rings (SSSR count). The van der Waals surface area contributed by atoms with Gasteiger partial charge in [0.25, 0.3) is 5.91 Å². The van der Waals surface area contributed by atoms with Crippen LogP contribution < -0.4 is 15.5 Å². The molecule has 2 aromatic rings. The van der Waals surface area contributed by atoms with E-state index in [0.29, 0.717) is 82.1 Å². The second-order valence-corrected chi connectivity index (χ2v) is 8.44. The lowest BCUT2D eigenvalue weighted by Gasteiger charge is -2.28. The first-order valence-corrected chi connectivity index (χ1v) is 11.6. The molecule has 12 nitrogen and oxygen atoms in total.